The molecule has 0 unspecified atom stereocenters. The Labute approximate surface area is 119 Å². The monoisotopic (exact) mass is 280 g/mol. The molecule has 0 radical (unpaired) electrons. The SMILES string of the molecule is O[C@@]1(CN2CCCC2)CCCN(Cc2ccsc2)C1. The van der Waals surface area contributed by atoms with Gasteiger partial charge in [-0.05, 0) is 67.7 Å². The summed E-state index contributed by atoms with van der Waals surface area (Å²) in [6.45, 7) is 6.16. The second-order valence-electron chi connectivity index (χ2n) is 6.15. The number of hydrogen-bond acceptors (Lipinski definition) is 4. The van der Waals surface area contributed by atoms with Gasteiger partial charge in [-0.3, -0.25) is 4.90 Å². The summed E-state index contributed by atoms with van der Waals surface area (Å²) in [5.41, 5.74) is 0.897. The molecule has 1 aromatic heterocycles. The van der Waals surface area contributed by atoms with Crippen LogP contribution in [0.2, 0.25) is 0 Å². The van der Waals surface area contributed by atoms with Crippen molar-refractivity contribution in [3.63, 3.8) is 0 Å². The molecular weight excluding hydrogens is 256 g/mol. The third-order valence-electron chi connectivity index (χ3n) is 4.34. The normalized spacial score (nSPS) is 29.9. The maximum Gasteiger partial charge on any atom is 0.0900 e. The fourth-order valence-electron chi connectivity index (χ4n) is 3.47. The molecule has 106 valence electrons. The van der Waals surface area contributed by atoms with Gasteiger partial charge in [-0.1, -0.05) is 0 Å². The molecule has 2 aliphatic rings. The average Bonchev–Trinajstić information content (AvgIpc) is 3.02. The lowest BCUT2D eigenvalue weighted by Crippen LogP contribution is -2.53. The largest absolute Gasteiger partial charge is 0.387 e. The highest BCUT2D eigenvalue weighted by molar-refractivity contribution is 7.07. The van der Waals surface area contributed by atoms with Crippen LogP contribution in [0.5, 0.6) is 0 Å². The second-order valence-corrected chi connectivity index (χ2v) is 6.93. The van der Waals surface area contributed by atoms with Crippen LogP contribution in [0, 0.1) is 0 Å². The van der Waals surface area contributed by atoms with Crippen molar-refractivity contribution in [3.8, 4) is 0 Å². The van der Waals surface area contributed by atoms with E-state index in [2.05, 4.69) is 26.6 Å². The number of thiophene rings is 1. The van der Waals surface area contributed by atoms with Gasteiger partial charge in [0.1, 0.15) is 0 Å². The van der Waals surface area contributed by atoms with Crippen molar-refractivity contribution < 1.29 is 5.11 Å². The number of hydrogen-bond donors (Lipinski definition) is 1. The molecule has 1 aromatic rings. The lowest BCUT2D eigenvalue weighted by molar-refractivity contribution is -0.0519. The molecule has 19 heavy (non-hydrogen) atoms. The molecule has 0 aromatic carbocycles. The fraction of sp³-hybridized carbons (Fsp3) is 0.733. The zero-order valence-electron chi connectivity index (χ0n) is 11.6. The number of aliphatic hydroxyl groups is 1. The summed E-state index contributed by atoms with van der Waals surface area (Å²) in [5.74, 6) is 0. The van der Waals surface area contributed by atoms with E-state index in [0.717, 1.165) is 39.0 Å². The molecule has 1 atom stereocenters. The van der Waals surface area contributed by atoms with Gasteiger partial charge in [-0.25, -0.2) is 0 Å². The highest BCUT2D eigenvalue weighted by atomic mass is 32.1. The van der Waals surface area contributed by atoms with Crippen molar-refractivity contribution in [2.24, 2.45) is 0 Å². The van der Waals surface area contributed by atoms with Gasteiger partial charge in [-0.2, -0.15) is 11.3 Å². The molecule has 3 heterocycles. The van der Waals surface area contributed by atoms with Crippen LogP contribution in [0.3, 0.4) is 0 Å². The molecule has 4 heteroatoms. The van der Waals surface area contributed by atoms with Gasteiger partial charge in [0.2, 0.25) is 0 Å². The maximum atomic E-state index is 10.8. The quantitative estimate of drug-likeness (QED) is 0.915. The molecule has 0 amide bonds. The topological polar surface area (TPSA) is 26.7 Å². The first-order chi connectivity index (χ1) is 9.23. The predicted molar refractivity (Wildman–Crippen MR) is 79.5 cm³/mol. The summed E-state index contributed by atoms with van der Waals surface area (Å²) < 4.78 is 0. The smallest absolute Gasteiger partial charge is 0.0900 e. The van der Waals surface area contributed by atoms with Crippen LogP contribution in [0.1, 0.15) is 31.2 Å². The lowest BCUT2D eigenvalue weighted by atomic mass is 9.92. The first-order valence-electron chi connectivity index (χ1n) is 7.42. The van der Waals surface area contributed by atoms with E-state index in [1.165, 1.54) is 31.5 Å². The van der Waals surface area contributed by atoms with Gasteiger partial charge >= 0.3 is 0 Å². The highest BCUT2D eigenvalue weighted by Crippen LogP contribution is 2.25. The number of β-amino-alcohol motifs (C(OH)–C–C–N with tert-alkyl or cyclic N) is 1. The Bertz CT molecular complexity index is 389. The Balaban J connectivity index is 1.56. The van der Waals surface area contributed by atoms with Gasteiger partial charge in [-0.15, -0.1) is 0 Å². The van der Waals surface area contributed by atoms with Crippen molar-refractivity contribution in [2.75, 3.05) is 32.7 Å². The molecular formula is C15H24N2OS. The van der Waals surface area contributed by atoms with Crippen LogP contribution in [-0.2, 0) is 6.54 Å². The molecule has 2 aliphatic heterocycles. The Morgan fingerprint density at radius 2 is 1.95 bits per heavy atom. The predicted octanol–water partition coefficient (Wildman–Crippen LogP) is 2.17. The van der Waals surface area contributed by atoms with Crippen LogP contribution in [0.4, 0.5) is 0 Å². The number of piperidine rings is 1. The Kier molecular flexibility index (Phi) is 4.22. The minimum absolute atomic E-state index is 0.487. The van der Waals surface area contributed by atoms with Gasteiger partial charge in [0, 0.05) is 19.6 Å². The fourth-order valence-corrected chi connectivity index (χ4v) is 4.13. The van der Waals surface area contributed by atoms with E-state index in [-0.39, 0.29) is 0 Å². The molecule has 0 spiro atoms. The molecule has 2 saturated heterocycles. The first-order valence-corrected chi connectivity index (χ1v) is 8.36. The number of likely N-dealkylation sites (tertiary alicyclic amines) is 2. The average molecular weight is 280 g/mol. The molecule has 0 bridgehead atoms. The minimum Gasteiger partial charge on any atom is -0.387 e. The van der Waals surface area contributed by atoms with Crippen molar-refractivity contribution >= 4 is 11.3 Å². The zero-order chi connectivity index (χ0) is 13.1. The first kappa shape index (κ1) is 13.6. The van der Waals surface area contributed by atoms with E-state index in [4.69, 9.17) is 0 Å². The zero-order valence-corrected chi connectivity index (χ0v) is 12.4. The van der Waals surface area contributed by atoms with E-state index in [1.807, 2.05) is 0 Å². The van der Waals surface area contributed by atoms with Crippen LogP contribution in [-0.4, -0.2) is 53.2 Å². The maximum absolute atomic E-state index is 10.8. The van der Waals surface area contributed by atoms with Crippen LogP contribution in [0.25, 0.3) is 0 Å². The van der Waals surface area contributed by atoms with Gasteiger partial charge in [0.25, 0.3) is 0 Å². The highest BCUT2D eigenvalue weighted by Gasteiger charge is 2.35. The third-order valence-corrected chi connectivity index (χ3v) is 5.07. The number of nitrogens with zero attached hydrogens (tertiary/aromatic N) is 2. The van der Waals surface area contributed by atoms with Crippen LogP contribution >= 0.6 is 11.3 Å². The molecule has 1 N–H and O–H groups in total. The van der Waals surface area contributed by atoms with Crippen molar-refractivity contribution in [1.82, 2.24) is 9.80 Å². The standard InChI is InChI=1S/C15H24N2OS/c18-15(12-16-6-1-2-7-16)5-3-8-17(13-15)10-14-4-9-19-11-14/h4,9,11,18H,1-3,5-8,10,12-13H2/t15-/m1/s1. The Morgan fingerprint density at radius 3 is 2.68 bits per heavy atom. The summed E-state index contributed by atoms with van der Waals surface area (Å²) in [6.07, 6.45) is 4.68. The summed E-state index contributed by atoms with van der Waals surface area (Å²) in [4.78, 5) is 4.86. The van der Waals surface area contributed by atoms with E-state index in [1.54, 1.807) is 11.3 Å². The van der Waals surface area contributed by atoms with Crippen molar-refractivity contribution in [2.45, 2.75) is 37.8 Å². The molecule has 0 aliphatic carbocycles. The summed E-state index contributed by atoms with van der Waals surface area (Å²) in [6, 6.07) is 2.19. The van der Waals surface area contributed by atoms with E-state index in [0.29, 0.717) is 0 Å². The molecule has 0 saturated carbocycles. The summed E-state index contributed by atoms with van der Waals surface area (Å²) in [7, 11) is 0. The number of rotatable bonds is 4. The van der Waals surface area contributed by atoms with E-state index in [9.17, 15) is 5.11 Å². The second kappa shape index (κ2) is 5.92. The van der Waals surface area contributed by atoms with Crippen LogP contribution in [0.15, 0.2) is 16.8 Å². The van der Waals surface area contributed by atoms with Gasteiger partial charge < -0.3 is 10.0 Å². The van der Waals surface area contributed by atoms with Crippen LogP contribution < -0.4 is 0 Å². The van der Waals surface area contributed by atoms with Crippen molar-refractivity contribution in [1.29, 1.82) is 0 Å². The van der Waals surface area contributed by atoms with Gasteiger partial charge in [0.15, 0.2) is 0 Å². The third kappa shape index (κ3) is 3.57. The molecule has 3 nitrogen and oxygen atoms in total. The molecule has 3 rings (SSSR count). The van der Waals surface area contributed by atoms with E-state index >= 15 is 0 Å². The Morgan fingerprint density at radius 1 is 1.16 bits per heavy atom. The Hall–Kier alpha value is -0.420. The summed E-state index contributed by atoms with van der Waals surface area (Å²) >= 11 is 1.76. The van der Waals surface area contributed by atoms with Crippen molar-refractivity contribution in [3.05, 3.63) is 22.4 Å². The summed E-state index contributed by atoms with van der Waals surface area (Å²) in [5, 5.41) is 15.2. The van der Waals surface area contributed by atoms with Gasteiger partial charge in [0.05, 0.1) is 5.60 Å². The molecule has 2 fully saturated rings. The van der Waals surface area contributed by atoms with E-state index < -0.39 is 5.60 Å². The minimum atomic E-state index is -0.487. The lowest BCUT2D eigenvalue weighted by Gasteiger charge is -2.41.